The molecule has 10 heavy (non-hydrogen) atoms. The molecule has 58 valence electrons. The third-order valence-corrected chi connectivity index (χ3v) is 0.792. The first kappa shape index (κ1) is 8.87. The molecule has 0 aromatic heterocycles. The third-order valence-electron chi connectivity index (χ3n) is 0.792. The molecular formula is C5H7FO4. The molecule has 0 radical (unpaired) electrons. The van der Waals surface area contributed by atoms with Gasteiger partial charge in [-0.3, -0.25) is 9.59 Å². The summed E-state index contributed by atoms with van der Waals surface area (Å²) >= 11 is 0. The van der Waals surface area contributed by atoms with Crippen LogP contribution in [0.1, 0.15) is 12.8 Å². The molecule has 0 spiro atoms. The molecule has 0 saturated carbocycles. The highest BCUT2D eigenvalue weighted by atomic mass is 19.1. The van der Waals surface area contributed by atoms with Crippen molar-refractivity contribution in [3.05, 3.63) is 0 Å². The fourth-order valence-corrected chi connectivity index (χ4v) is 0.451. The predicted octanol–water partition coefficient (Wildman–Crippen LogP) is 0.274. The summed E-state index contributed by atoms with van der Waals surface area (Å²) in [4.78, 5) is 19.5. The van der Waals surface area contributed by atoms with Crippen molar-refractivity contribution in [2.45, 2.75) is 19.0 Å². The van der Waals surface area contributed by atoms with Crippen molar-refractivity contribution in [1.82, 2.24) is 0 Å². The van der Waals surface area contributed by atoms with Gasteiger partial charge >= 0.3 is 11.9 Å². The van der Waals surface area contributed by atoms with Crippen LogP contribution >= 0.6 is 0 Å². The summed E-state index contributed by atoms with van der Waals surface area (Å²) in [5.74, 6) is -2.65. The van der Waals surface area contributed by atoms with Crippen LogP contribution < -0.4 is 0 Å². The van der Waals surface area contributed by atoms with Gasteiger partial charge < -0.3 is 10.2 Å². The first-order valence-corrected chi connectivity index (χ1v) is 2.60. The van der Waals surface area contributed by atoms with Crippen molar-refractivity contribution in [2.75, 3.05) is 0 Å². The van der Waals surface area contributed by atoms with Gasteiger partial charge in [0.25, 0.3) is 0 Å². The number of carboxylic acids is 2. The van der Waals surface area contributed by atoms with E-state index < -0.39 is 31.0 Å². The summed E-state index contributed by atoms with van der Waals surface area (Å²) in [5.41, 5.74) is 0. The smallest absolute Gasteiger partial charge is 0.306 e. The first-order chi connectivity index (χ1) is 4.52. The summed E-state index contributed by atoms with van der Waals surface area (Å²) in [6, 6.07) is 0. The van der Waals surface area contributed by atoms with E-state index in [1.807, 2.05) is 0 Å². The zero-order valence-electron chi connectivity index (χ0n) is 5.08. The number of carboxylic acid groups (broad SMARTS) is 2. The van der Waals surface area contributed by atoms with Crippen LogP contribution in [0.3, 0.4) is 0 Å². The molecule has 0 aliphatic rings. The normalized spacial score (nSPS) is 9.80. The lowest BCUT2D eigenvalue weighted by Gasteiger charge is -1.98. The minimum atomic E-state index is -1.78. The number of hydrogen-bond acceptors (Lipinski definition) is 2. The molecule has 5 heteroatoms. The molecule has 0 saturated heterocycles. The van der Waals surface area contributed by atoms with E-state index in [0.29, 0.717) is 0 Å². The van der Waals surface area contributed by atoms with Crippen molar-refractivity contribution in [2.24, 2.45) is 0 Å². The minimum absolute atomic E-state index is 0.744. The van der Waals surface area contributed by atoms with Gasteiger partial charge in [-0.1, -0.05) is 0 Å². The number of hydrogen-bond donors (Lipinski definition) is 2. The molecule has 0 atom stereocenters. The van der Waals surface area contributed by atoms with Gasteiger partial charge in [0.05, 0.1) is 12.8 Å². The van der Waals surface area contributed by atoms with Gasteiger partial charge in [0.1, 0.15) is 6.17 Å². The average Bonchev–Trinajstić information content (AvgIpc) is 1.58. The van der Waals surface area contributed by atoms with Gasteiger partial charge in [0.2, 0.25) is 0 Å². The maximum absolute atomic E-state index is 12.1. The van der Waals surface area contributed by atoms with Gasteiger partial charge in [-0.2, -0.15) is 0 Å². The number of halogens is 1. The summed E-state index contributed by atoms with van der Waals surface area (Å²) in [7, 11) is 0. The van der Waals surface area contributed by atoms with Crippen LogP contribution in [0.15, 0.2) is 0 Å². The first-order valence-electron chi connectivity index (χ1n) is 2.60. The summed E-state index contributed by atoms with van der Waals surface area (Å²) in [6.45, 7) is 0. The van der Waals surface area contributed by atoms with Crippen LogP contribution in [-0.2, 0) is 9.59 Å². The lowest BCUT2D eigenvalue weighted by molar-refractivity contribution is -0.140. The van der Waals surface area contributed by atoms with Crippen LogP contribution in [0.5, 0.6) is 0 Å². The van der Waals surface area contributed by atoms with Crippen LogP contribution in [-0.4, -0.2) is 28.3 Å². The summed E-state index contributed by atoms with van der Waals surface area (Å²) in [6.07, 6.45) is -3.27. The molecule has 0 rings (SSSR count). The standard InChI is InChI=1S/C5H7FO4/c6-3(1-4(7)8)2-5(9)10/h3H,1-2H2,(H,7,8)(H,9,10). The van der Waals surface area contributed by atoms with Gasteiger partial charge in [0, 0.05) is 0 Å². The molecule has 0 unspecified atom stereocenters. The third kappa shape index (κ3) is 5.02. The SMILES string of the molecule is O=C(O)CC(F)CC(=O)O. The topological polar surface area (TPSA) is 74.6 Å². The predicted molar refractivity (Wildman–Crippen MR) is 29.4 cm³/mol. The highest BCUT2D eigenvalue weighted by molar-refractivity contribution is 5.71. The molecule has 0 aromatic carbocycles. The van der Waals surface area contributed by atoms with Gasteiger partial charge in [-0.15, -0.1) is 0 Å². The monoisotopic (exact) mass is 150 g/mol. The quantitative estimate of drug-likeness (QED) is 0.603. The van der Waals surface area contributed by atoms with Crippen molar-refractivity contribution < 1.29 is 24.2 Å². The molecule has 0 aromatic rings. The van der Waals surface area contributed by atoms with Crippen molar-refractivity contribution in [3.63, 3.8) is 0 Å². The molecule has 0 amide bonds. The number of rotatable bonds is 4. The van der Waals surface area contributed by atoms with Crippen molar-refractivity contribution in [3.8, 4) is 0 Å². The largest absolute Gasteiger partial charge is 0.481 e. The zero-order valence-corrected chi connectivity index (χ0v) is 5.08. The fraction of sp³-hybridized carbons (Fsp3) is 0.600. The molecule has 4 nitrogen and oxygen atoms in total. The molecule has 0 fully saturated rings. The Labute approximate surface area is 56.3 Å². The average molecular weight is 150 g/mol. The van der Waals surface area contributed by atoms with Crippen molar-refractivity contribution in [1.29, 1.82) is 0 Å². The van der Waals surface area contributed by atoms with Crippen LogP contribution in [0, 0.1) is 0 Å². The van der Waals surface area contributed by atoms with Crippen LogP contribution in [0.25, 0.3) is 0 Å². The lowest BCUT2D eigenvalue weighted by Crippen LogP contribution is -2.12. The Morgan fingerprint density at radius 3 is 1.70 bits per heavy atom. The Hall–Kier alpha value is -1.13. The molecule has 0 aliphatic heterocycles. The highest BCUT2D eigenvalue weighted by Crippen LogP contribution is 2.02. The summed E-state index contributed by atoms with van der Waals surface area (Å²) in [5, 5.41) is 15.9. The minimum Gasteiger partial charge on any atom is -0.481 e. The van der Waals surface area contributed by atoms with E-state index in [9.17, 15) is 14.0 Å². The van der Waals surface area contributed by atoms with E-state index in [0.717, 1.165) is 0 Å². The molecule has 0 heterocycles. The Balaban J connectivity index is 3.53. The van der Waals surface area contributed by atoms with Gasteiger partial charge in [-0.25, -0.2) is 4.39 Å². The van der Waals surface area contributed by atoms with Gasteiger partial charge in [0.15, 0.2) is 0 Å². The maximum Gasteiger partial charge on any atom is 0.306 e. The van der Waals surface area contributed by atoms with Crippen LogP contribution in [0.2, 0.25) is 0 Å². The molecule has 2 N–H and O–H groups in total. The second-order valence-corrected chi connectivity index (χ2v) is 1.79. The number of carbonyl (C=O) groups is 2. The lowest BCUT2D eigenvalue weighted by atomic mass is 10.2. The Bertz CT molecular complexity index is 129. The van der Waals surface area contributed by atoms with Crippen molar-refractivity contribution >= 4 is 11.9 Å². The Morgan fingerprint density at radius 1 is 1.20 bits per heavy atom. The molecule has 0 aliphatic carbocycles. The second kappa shape index (κ2) is 3.81. The van der Waals surface area contributed by atoms with E-state index in [-0.39, 0.29) is 0 Å². The second-order valence-electron chi connectivity index (χ2n) is 1.79. The van der Waals surface area contributed by atoms with E-state index in [1.165, 1.54) is 0 Å². The van der Waals surface area contributed by atoms with Gasteiger partial charge in [-0.05, 0) is 0 Å². The highest BCUT2D eigenvalue weighted by Gasteiger charge is 2.14. The molecular weight excluding hydrogens is 143 g/mol. The Morgan fingerprint density at radius 2 is 1.50 bits per heavy atom. The molecule has 0 bridgehead atoms. The Kier molecular flexibility index (Phi) is 3.38. The summed E-state index contributed by atoms with van der Waals surface area (Å²) < 4.78 is 12.1. The van der Waals surface area contributed by atoms with E-state index >= 15 is 0 Å². The van der Waals surface area contributed by atoms with E-state index in [1.54, 1.807) is 0 Å². The number of aliphatic carboxylic acids is 2. The maximum atomic E-state index is 12.1. The van der Waals surface area contributed by atoms with E-state index in [2.05, 4.69) is 0 Å². The fourth-order valence-electron chi connectivity index (χ4n) is 0.451. The van der Waals surface area contributed by atoms with Crippen LogP contribution in [0.4, 0.5) is 4.39 Å². The zero-order chi connectivity index (χ0) is 8.15. The van der Waals surface area contributed by atoms with E-state index in [4.69, 9.17) is 10.2 Å². The number of alkyl halides is 1.